The van der Waals surface area contributed by atoms with Crippen LogP contribution in [-0.2, 0) is 60.9 Å². The molecule has 0 spiro atoms. The van der Waals surface area contributed by atoms with Crippen LogP contribution in [0, 0.1) is 5.92 Å². The van der Waals surface area contributed by atoms with Gasteiger partial charge in [-0.05, 0) is 80.1 Å². The molecule has 0 radical (unpaired) electrons. The topological polar surface area (TPSA) is 419 Å². The molecule has 0 aliphatic carbocycles. The lowest BCUT2D eigenvalue weighted by Gasteiger charge is -2.31. The SMILES string of the molecule is C=C1CC2[C@H](O)N(C(=O)OCc3ccc(NC(=O)[C@H](C)NC(=O)[C@H](CC(N)=O)NC(=O)OCCOCCOC)cc3)c3cc(OCCCOc4cc5c(cc4OC)C(=O)N4CC(=C)C[C@H]4[C@H](O)N5C(=O)OCc4ccc(NC(=O)[C@H](C)NC(=O)[C@@H](N)C(C)C)cc4)c(OC)cc3C(=O)N2C1. The molecular formula is C68H85N11O21. The minimum absolute atomic E-state index is 0.0000116. The van der Waals surface area contributed by atoms with Crippen LogP contribution in [0.4, 0.5) is 37.1 Å². The second-order valence-corrected chi connectivity index (χ2v) is 24.4. The van der Waals surface area contributed by atoms with E-state index in [1.54, 1.807) is 50.2 Å². The molecule has 8 atom stereocenters. The summed E-state index contributed by atoms with van der Waals surface area (Å²) in [6.45, 7) is 14.4. The predicted molar refractivity (Wildman–Crippen MR) is 359 cm³/mol. The molecule has 2 saturated heterocycles. The van der Waals surface area contributed by atoms with Crippen LogP contribution < -0.4 is 66.8 Å². The smallest absolute Gasteiger partial charge is 0.416 e. The third-order valence-electron chi connectivity index (χ3n) is 16.7. The number of benzene rings is 4. The molecule has 4 heterocycles. The van der Waals surface area contributed by atoms with Crippen molar-refractivity contribution in [2.75, 3.05) is 94.5 Å². The average molecular weight is 1390 g/mol. The van der Waals surface area contributed by atoms with E-state index in [-0.39, 0.29) is 136 Å². The fourth-order valence-corrected chi connectivity index (χ4v) is 11.2. The van der Waals surface area contributed by atoms with Crippen molar-refractivity contribution in [3.63, 3.8) is 0 Å². The molecule has 0 aromatic heterocycles. The van der Waals surface area contributed by atoms with Crippen LogP contribution in [0.3, 0.4) is 0 Å². The minimum atomic E-state index is -1.64. The van der Waals surface area contributed by atoms with Crippen LogP contribution in [0.2, 0.25) is 0 Å². The number of anilines is 4. The van der Waals surface area contributed by atoms with Gasteiger partial charge in [0.25, 0.3) is 11.8 Å². The summed E-state index contributed by atoms with van der Waals surface area (Å²) in [7, 11) is 4.22. The average Bonchev–Trinajstić information content (AvgIpc) is 1.59. The van der Waals surface area contributed by atoms with Gasteiger partial charge in [-0.3, -0.25) is 33.6 Å². The highest BCUT2D eigenvalue weighted by Crippen LogP contribution is 2.44. The Labute approximate surface area is 576 Å². The summed E-state index contributed by atoms with van der Waals surface area (Å²) in [6.07, 6.45) is -6.42. The first-order valence-corrected chi connectivity index (χ1v) is 32.1. The normalized spacial score (nSPS) is 18.1. The zero-order chi connectivity index (χ0) is 72.6. The number of rotatable bonds is 30. The lowest BCUT2D eigenvalue weighted by atomic mass is 10.0. The van der Waals surface area contributed by atoms with Crippen LogP contribution in [0.1, 0.15) is 85.2 Å². The Hall–Kier alpha value is -10.5. The van der Waals surface area contributed by atoms with Gasteiger partial charge in [-0.25, -0.2) is 24.2 Å². The maximum absolute atomic E-state index is 14.4. The number of carbonyl (C=O) groups is 10. The first kappa shape index (κ1) is 75.2. The minimum Gasteiger partial charge on any atom is -0.493 e. The summed E-state index contributed by atoms with van der Waals surface area (Å²) < 4.78 is 50.5. The number of fused-ring (bicyclic) bond motifs is 4. The summed E-state index contributed by atoms with van der Waals surface area (Å²) in [4.78, 5) is 138. The third-order valence-corrected chi connectivity index (χ3v) is 16.7. The second kappa shape index (κ2) is 34.3. The molecule has 8 rings (SSSR count). The van der Waals surface area contributed by atoms with E-state index in [0.29, 0.717) is 34.6 Å². The standard InChI is InChI=1S/C68H85N11O21/c1-36(2)57(70)61(84)72-40(6)59(82)74-44-17-13-42(14-18-44)35-100-68(91)79-49-31-55(53(94-9)28-46(49)63(86)77-33-38(4)26-51(77)65(79)88)97-20-10-19-96-54-30-48-45(27-52(54)93-8)62(85)76-32-37(3)25-50(76)64(87)78(48)67(90)99-34-41-11-15-43(16-12-41)73-58(81)39(5)71-60(83)47(29-56(69)80)75-66(89)98-24-23-95-22-21-92-7/h11-18,27-28,30-31,36,39-40,47,50-51,57,64-65,87-88H,3-4,10,19-26,29,32-35,70H2,1-2,5-9H3,(H2,69,80)(H,71,83)(H,72,84)(H,73,81)(H,74,82)(H,75,89)/t39-,40-,47-,50?,51-,57-,64-,65-/m0/s1. The van der Waals surface area contributed by atoms with Crippen LogP contribution in [-0.4, -0.2) is 202 Å². The first-order valence-electron chi connectivity index (χ1n) is 32.1. The molecule has 538 valence electrons. The molecule has 11 N–H and O–H groups in total. The molecule has 100 heavy (non-hydrogen) atoms. The van der Waals surface area contributed by atoms with Gasteiger partial charge in [-0.2, -0.15) is 0 Å². The second-order valence-electron chi connectivity index (χ2n) is 24.4. The van der Waals surface area contributed by atoms with Gasteiger partial charge in [0.05, 0.1) is 94.3 Å². The molecule has 0 bridgehead atoms. The molecular weight excluding hydrogens is 1310 g/mol. The Morgan fingerprint density at radius 1 is 0.570 bits per heavy atom. The number of hydrogen-bond acceptors (Lipinski definition) is 22. The van der Waals surface area contributed by atoms with E-state index in [1.165, 1.54) is 81.4 Å². The lowest BCUT2D eigenvalue weighted by Crippen LogP contribution is -2.53. The van der Waals surface area contributed by atoms with Crippen LogP contribution in [0.15, 0.2) is 97.1 Å². The molecule has 2 fully saturated rings. The molecule has 10 amide bonds. The van der Waals surface area contributed by atoms with Crippen LogP contribution in [0.5, 0.6) is 23.0 Å². The number of aliphatic hydroxyl groups excluding tert-OH is 2. The van der Waals surface area contributed by atoms with Crippen molar-refractivity contribution in [3.8, 4) is 23.0 Å². The van der Waals surface area contributed by atoms with Gasteiger partial charge in [0, 0.05) is 50.1 Å². The number of carbonyl (C=O) groups excluding carboxylic acids is 10. The van der Waals surface area contributed by atoms with Crippen LogP contribution >= 0.6 is 0 Å². The summed E-state index contributed by atoms with van der Waals surface area (Å²) in [6, 6.07) is 11.9. The van der Waals surface area contributed by atoms with Gasteiger partial charge >= 0.3 is 18.3 Å². The third kappa shape index (κ3) is 18.6. The summed E-state index contributed by atoms with van der Waals surface area (Å²) in [5.74, 6) is -4.27. The molecule has 4 aromatic rings. The van der Waals surface area contributed by atoms with Crippen LogP contribution in [0.25, 0.3) is 0 Å². The predicted octanol–water partition coefficient (Wildman–Crippen LogP) is 3.55. The van der Waals surface area contributed by atoms with E-state index >= 15 is 0 Å². The Kier molecular flexibility index (Phi) is 25.8. The van der Waals surface area contributed by atoms with Crippen molar-refractivity contribution in [1.82, 2.24) is 25.8 Å². The number of aliphatic hydroxyl groups is 2. The van der Waals surface area contributed by atoms with E-state index in [4.69, 9.17) is 54.1 Å². The molecule has 4 aliphatic rings. The molecule has 4 aliphatic heterocycles. The van der Waals surface area contributed by atoms with Crippen molar-refractivity contribution in [3.05, 3.63) is 119 Å². The number of amides is 10. The summed E-state index contributed by atoms with van der Waals surface area (Å²) in [5.41, 5.74) is 14.0. The van der Waals surface area contributed by atoms with E-state index in [1.807, 2.05) is 0 Å². The molecule has 0 saturated carbocycles. The zero-order valence-electron chi connectivity index (χ0n) is 56.5. The number of ether oxygens (including phenoxy) is 9. The zero-order valence-corrected chi connectivity index (χ0v) is 56.5. The Morgan fingerprint density at radius 3 is 1.43 bits per heavy atom. The van der Waals surface area contributed by atoms with Gasteiger partial charge in [0.2, 0.25) is 29.5 Å². The van der Waals surface area contributed by atoms with E-state index < -0.39 is 115 Å². The molecule has 1 unspecified atom stereocenters. The van der Waals surface area contributed by atoms with Crippen molar-refractivity contribution >= 4 is 82.4 Å². The van der Waals surface area contributed by atoms with Gasteiger partial charge in [-0.1, -0.05) is 62.4 Å². The van der Waals surface area contributed by atoms with Crippen molar-refractivity contribution in [2.45, 2.75) is 115 Å². The number of nitrogens with two attached hydrogens (primary N) is 2. The highest BCUT2D eigenvalue weighted by molar-refractivity contribution is 6.08. The highest BCUT2D eigenvalue weighted by Gasteiger charge is 2.48. The van der Waals surface area contributed by atoms with Crippen molar-refractivity contribution in [1.29, 1.82) is 0 Å². The van der Waals surface area contributed by atoms with Crippen molar-refractivity contribution < 1.29 is 101 Å². The number of alkyl carbamates (subject to hydrolysis) is 1. The number of nitrogens with zero attached hydrogens (tertiary/aromatic N) is 4. The summed E-state index contributed by atoms with van der Waals surface area (Å²) in [5, 5.41) is 36.7. The summed E-state index contributed by atoms with van der Waals surface area (Å²) >= 11 is 0. The van der Waals surface area contributed by atoms with E-state index in [9.17, 15) is 58.2 Å². The van der Waals surface area contributed by atoms with Gasteiger partial charge in [0.1, 0.15) is 37.9 Å². The van der Waals surface area contributed by atoms with E-state index in [0.717, 1.165) is 9.80 Å². The number of methoxy groups -OCH3 is 3. The monoisotopic (exact) mass is 1390 g/mol. The molecule has 4 aromatic carbocycles. The molecule has 32 nitrogen and oxygen atoms in total. The maximum atomic E-state index is 14.4. The van der Waals surface area contributed by atoms with Gasteiger partial charge in [-0.15, -0.1) is 0 Å². The highest BCUT2D eigenvalue weighted by atomic mass is 16.6. The van der Waals surface area contributed by atoms with Crippen molar-refractivity contribution in [2.24, 2.45) is 17.4 Å². The first-order chi connectivity index (χ1) is 47.7. The Balaban J connectivity index is 0.909. The Morgan fingerprint density at radius 2 is 1.01 bits per heavy atom. The van der Waals surface area contributed by atoms with Gasteiger partial charge in [0.15, 0.2) is 35.5 Å². The number of hydrogen-bond donors (Lipinski definition) is 9. The fourth-order valence-electron chi connectivity index (χ4n) is 11.2. The fraction of sp³-hybridized carbons (Fsp3) is 0.441. The lowest BCUT2D eigenvalue weighted by molar-refractivity contribution is -0.129. The Bertz CT molecular complexity index is 3720. The van der Waals surface area contributed by atoms with Gasteiger partial charge < -0.3 is 101 Å². The number of nitrogens with one attached hydrogen (secondary N) is 5. The quantitative estimate of drug-likeness (QED) is 0.0205. The van der Waals surface area contributed by atoms with E-state index in [2.05, 4.69) is 39.7 Å². The molecule has 32 heteroatoms. The largest absolute Gasteiger partial charge is 0.493 e. The number of primary amides is 1. The maximum Gasteiger partial charge on any atom is 0.416 e.